The number of aliphatic hydroxyl groups is 8. The highest BCUT2D eigenvalue weighted by molar-refractivity contribution is 5.10. The van der Waals surface area contributed by atoms with Crippen LogP contribution < -0.4 is 0 Å². The van der Waals surface area contributed by atoms with Gasteiger partial charge in [-0.25, -0.2) is 0 Å². The molecule has 0 spiro atoms. The summed E-state index contributed by atoms with van der Waals surface area (Å²) < 4.78 is 0. The molecule has 0 aliphatic rings. The second-order valence-corrected chi connectivity index (χ2v) is 3.79. The van der Waals surface area contributed by atoms with Gasteiger partial charge in [0.2, 0.25) is 0 Å². The Morgan fingerprint density at radius 3 is 1.10 bits per heavy atom. The van der Waals surface area contributed by atoms with Gasteiger partial charge in [0.15, 0.2) is 0 Å². The predicted molar refractivity (Wildman–Crippen MR) is 75.5 cm³/mol. The first-order valence-corrected chi connectivity index (χ1v) is 6.20. The molecule has 0 aliphatic heterocycles. The largest absolute Gasteiger partial charge is 0.396 e. The molecule has 0 aromatic carbocycles. The minimum atomic E-state index is -0.954. The summed E-state index contributed by atoms with van der Waals surface area (Å²) in [5, 5.41) is 65.2. The van der Waals surface area contributed by atoms with E-state index in [0.717, 1.165) is 0 Å². The maximum Gasteiger partial charge on any atom is 0.106 e. The normalized spacial score (nSPS) is 9.62. The van der Waals surface area contributed by atoms with Crippen LogP contribution in [0.5, 0.6) is 0 Å². The van der Waals surface area contributed by atoms with Crippen LogP contribution in [0.2, 0.25) is 0 Å². The highest BCUT2D eigenvalue weighted by Gasteiger charge is 2.24. The van der Waals surface area contributed by atoms with Crippen molar-refractivity contribution in [3.05, 3.63) is 0 Å². The van der Waals surface area contributed by atoms with Crippen molar-refractivity contribution in [3.8, 4) is 0 Å². The molecule has 0 bridgehead atoms. The molecule has 0 radical (unpaired) electrons. The molecule has 0 rings (SSSR count). The molecule has 0 saturated heterocycles. The number of carbonyl (C=O) groups excluding carboxylic acids is 1. The number of rotatable bonds is 7. The molecule has 0 aromatic rings. The second kappa shape index (κ2) is 24.4. The molecule has 0 aliphatic carbocycles. The molecule has 0 saturated carbocycles. The van der Waals surface area contributed by atoms with E-state index in [-0.39, 0.29) is 46.2 Å². The monoisotopic (exact) mass is 318 g/mol. The first kappa shape index (κ1) is 28.5. The zero-order valence-electron chi connectivity index (χ0n) is 12.4. The zero-order valence-corrected chi connectivity index (χ0v) is 12.4. The van der Waals surface area contributed by atoms with Crippen LogP contribution in [0.1, 0.15) is 13.3 Å². The SMILES string of the molecule is C=O.CCC(CO)(CO)CO.OCC(O)CO.OCCO. The van der Waals surface area contributed by atoms with Gasteiger partial charge in [0.25, 0.3) is 0 Å². The first-order chi connectivity index (χ1) is 9.96. The lowest BCUT2D eigenvalue weighted by Crippen LogP contribution is -2.32. The van der Waals surface area contributed by atoms with Crippen molar-refractivity contribution in [1.82, 2.24) is 0 Å². The van der Waals surface area contributed by atoms with E-state index in [0.29, 0.717) is 6.42 Å². The number of hydrogen-bond acceptors (Lipinski definition) is 9. The smallest absolute Gasteiger partial charge is 0.106 e. The van der Waals surface area contributed by atoms with Gasteiger partial charge in [0, 0.05) is 5.41 Å². The van der Waals surface area contributed by atoms with Crippen LogP contribution in [0.15, 0.2) is 0 Å². The fourth-order valence-electron chi connectivity index (χ4n) is 0.543. The molecule has 0 heterocycles. The fourth-order valence-corrected chi connectivity index (χ4v) is 0.543. The Kier molecular flexibility index (Phi) is 33.1. The van der Waals surface area contributed by atoms with Crippen LogP contribution in [0.4, 0.5) is 0 Å². The molecular weight excluding hydrogens is 288 g/mol. The Hall–Kier alpha value is -0.650. The van der Waals surface area contributed by atoms with Crippen molar-refractivity contribution in [2.24, 2.45) is 5.41 Å². The second-order valence-electron chi connectivity index (χ2n) is 3.79. The lowest BCUT2D eigenvalue weighted by Gasteiger charge is -2.24. The highest BCUT2D eigenvalue weighted by Crippen LogP contribution is 2.18. The molecule has 8 N–H and O–H groups in total. The molecular formula is C12H30O9. The van der Waals surface area contributed by atoms with E-state index in [9.17, 15) is 0 Å². The lowest BCUT2D eigenvalue weighted by atomic mass is 9.88. The third kappa shape index (κ3) is 21.8. The van der Waals surface area contributed by atoms with Crippen molar-refractivity contribution in [1.29, 1.82) is 0 Å². The van der Waals surface area contributed by atoms with E-state index < -0.39 is 11.5 Å². The van der Waals surface area contributed by atoms with E-state index in [4.69, 9.17) is 45.6 Å². The van der Waals surface area contributed by atoms with Gasteiger partial charge < -0.3 is 45.6 Å². The summed E-state index contributed by atoms with van der Waals surface area (Å²) in [5.41, 5.74) is -0.667. The van der Waals surface area contributed by atoms with Crippen LogP contribution in [0.25, 0.3) is 0 Å². The van der Waals surface area contributed by atoms with E-state index in [1.165, 1.54) is 0 Å². The molecule has 0 fully saturated rings. The van der Waals surface area contributed by atoms with Crippen molar-refractivity contribution in [2.45, 2.75) is 19.4 Å². The fraction of sp³-hybridized carbons (Fsp3) is 0.917. The molecule has 132 valence electrons. The average Bonchev–Trinajstić information content (AvgIpc) is 2.59. The topological polar surface area (TPSA) is 179 Å². The first-order valence-electron chi connectivity index (χ1n) is 6.20. The van der Waals surface area contributed by atoms with Gasteiger partial charge in [-0.3, -0.25) is 0 Å². The molecule has 0 atom stereocenters. The van der Waals surface area contributed by atoms with E-state index in [2.05, 4.69) is 0 Å². The van der Waals surface area contributed by atoms with Crippen molar-refractivity contribution >= 4 is 6.79 Å². The van der Waals surface area contributed by atoms with Crippen LogP contribution in [0.3, 0.4) is 0 Å². The number of hydrogen-bond donors (Lipinski definition) is 8. The third-order valence-corrected chi connectivity index (χ3v) is 2.28. The Morgan fingerprint density at radius 2 is 1.10 bits per heavy atom. The maximum absolute atomic E-state index is 8.66. The number of aliphatic hydroxyl groups excluding tert-OH is 8. The van der Waals surface area contributed by atoms with Crippen molar-refractivity contribution < 1.29 is 45.6 Å². The van der Waals surface area contributed by atoms with Crippen LogP contribution in [-0.2, 0) is 4.79 Å². The van der Waals surface area contributed by atoms with Crippen molar-refractivity contribution in [3.63, 3.8) is 0 Å². The van der Waals surface area contributed by atoms with Crippen LogP contribution in [0, 0.1) is 5.41 Å². The van der Waals surface area contributed by atoms with Gasteiger partial charge in [0.1, 0.15) is 12.9 Å². The van der Waals surface area contributed by atoms with Crippen molar-refractivity contribution in [2.75, 3.05) is 46.2 Å². The molecule has 0 amide bonds. The summed E-state index contributed by atoms with van der Waals surface area (Å²) >= 11 is 0. The summed E-state index contributed by atoms with van der Waals surface area (Å²) in [6, 6.07) is 0. The lowest BCUT2D eigenvalue weighted by molar-refractivity contribution is -0.0980. The summed E-state index contributed by atoms with van der Waals surface area (Å²) in [7, 11) is 0. The molecule has 0 unspecified atom stereocenters. The Labute approximate surface area is 124 Å². The van der Waals surface area contributed by atoms with E-state index in [1.807, 2.05) is 13.7 Å². The average molecular weight is 318 g/mol. The highest BCUT2D eigenvalue weighted by atomic mass is 16.3. The minimum absolute atomic E-state index is 0.125. The molecule has 0 aromatic heterocycles. The van der Waals surface area contributed by atoms with E-state index in [1.54, 1.807) is 0 Å². The van der Waals surface area contributed by atoms with Gasteiger partial charge >= 0.3 is 0 Å². The molecule has 9 nitrogen and oxygen atoms in total. The Balaban J connectivity index is -0.000000104. The third-order valence-electron chi connectivity index (χ3n) is 2.28. The van der Waals surface area contributed by atoms with Gasteiger partial charge in [-0.1, -0.05) is 6.92 Å². The zero-order chi connectivity index (χ0) is 17.7. The minimum Gasteiger partial charge on any atom is -0.396 e. The summed E-state index contributed by atoms with van der Waals surface area (Å²) in [6.07, 6.45) is -0.360. The van der Waals surface area contributed by atoms with E-state index >= 15 is 0 Å². The van der Waals surface area contributed by atoms with Gasteiger partial charge in [-0.05, 0) is 6.42 Å². The summed E-state index contributed by atoms with van der Waals surface area (Å²) in [6.45, 7) is 2.37. The number of carbonyl (C=O) groups is 1. The quantitative estimate of drug-likeness (QED) is 0.236. The van der Waals surface area contributed by atoms with Gasteiger partial charge in [-0.2, -0.15) is 0 Å². The summed E-state index contributed by atoms with van der Waals surface area (Å²) in [5.74, 6) is 0. The Morgan fingerprint density at radius 1 is 0.810 bits per heavy atom. The van der Waals surface area contributed by atoms with Gasteiger partial charge in [-0.15, -0.1) is 0 Å². The Bertz CT molecular complexity index is 141. The molecule has 21 heavy (non-hydrogen) atoms. The van der Waals surface area contributed by atoms with Gasteiger partial charge in [0.05, 0.1) is 46.2 Å². The maximum atomic E-state index is 8.66. The van der Waals surface area contributed by atoms with Crippen LogP contribution in [-0.4, -0.2) is 100.0 Å². The molecule has 9 heteroatoms. The standard InChI is InChI=1S/C6H14O3.C3H8O3.C2H6O2.CH2O/c1-2-6(3-7,4-8)5-9;4-1-3(6)2-5;3-1-2-4;1-2/h7-9H,2-5H2,1H3;3-6H,1-2H2;3-4H,1-2H2;1H2. The van der Waals surface area contributed by atoms with Crippen LogP contribution >= 0.6 is 0 Å². The predicted octanol–water partition coefficient (Wildman–Crippen LogP) is -3.52. The summed E-state index contributed by atoms with van der Waals surface area (Å²) in [4.78, 5) is 8.00.